The van der Waals surface area contributed by atoms with Crippen molar-refractivity contribution in [2.75, 3.05) is 21.3 Å². The smallest absolute Gasteiger partial charge is 0.200 e. The quantitative estimate of drug-likeness (QED) is 0.664. The van der Waals surface area contributed by atoms with Crippen LogP contribution in [0, 0.1) is 0 Å². The summed E-state index contributed by atoms with van der Waals surface area (Å²) in [6.45, 7) is 0. The Kier molecular flexibility index (Phi) is 4.45. The van der Waals surface area contributed by atoms with E-state index in [9.17, 15) is 9.90 Å². The van der Waals surface area contributed by atoms with Crippen LogP contribution in [-0.4, -0.2) is 38.0 Å². The number of ketones is 1. The highest BCUT2D eigenvalue weighted by Gasteiger charge is 2.37. The van der Waals surface area contributed by atoms with Gasteiger partial charge in [0, 0.05) is 18.7 Å². The fraction of sp³-hybridized carbons (Fsp3) is 0.312. The molecule has 0 amide bonds. The van der Waals surface area contributed by atoms with E-state index in [0.29, 0.717) is 16.9 Å². The van der Waals surface area contributed by atoms with E-state index >= 15 is 0 Å². The van der Waals surface area contributed by atoms with Gasteiger partial charge in [0.2, 0.25) is 0 Å². The minimum absolute atomic E-state index is 0.0424. The lowest BCUT2D eigenvalue weighted by Crippen LogP contribution is -2.34. The summed E-state index contributed by atoms with van der Waals surface area (Å²) < 4.78 is 15.6. The van der Waals surface area contributed by atoms with Crippen LogP contribution in [0.3, 0.4) is 0 Å². The van der Waals surface area contributed by atoms with Crippen LogP contribution in [0.2, 0.25) is 0 Å². The molecule has 21 heavy (non-hydrogen) atoms. The number of Topliss-reactive ketones (excluding diaryl/α,β-unsaturated/α-hetero) is 1. The highest BCUT2D eigenvalue weighted by molar-refractivity contribution is 6.11. The number of rotatable bonds is 5. The van der Waals surface area contributed by atoms with E-state index in [1.54, 1.807) is 24.3 Å². The predicted octanol–water partition coefficient (Wildman–Crippen LogP) is 2.04. The molecule has 1 atom stereocenters. The van der Waals surface area contributed by atoms with E-state index in [0.717, 1.165) is 0 Å². The zero-order valence-corrected chi connectivity index (χ0v) is 12.3. The maximum atomic E-state index is 12.7. The zero-order valence-electron chi connectivity index (χ0n) is 12.3. The topological polar surface area (TPSA) is 65.0 Å². The van der Waals surface area contributed by atoms with Gasteiger partial charge >= 0.3 is 0 Å². The summed E-state index contributed by atoms with van der Waals surface area (Å²) in [6.07, 6.45) is 1.42. The van der Waals surface area contributed by atoms with Crippen molar-refractivity contribution in [3.63, 3.8) is 0 Å². The van der Waals surface area contributed by atoms with Gasteiger partial charge in [-0.1, -0.05) is 30.3 Å². The maximum Gasteiger partial charge on any atom is 0.200 e. The van der Waals surface area contributed by atoms with Crippen molar-refractivity contribution in [1.82, 2.24) is 0 Å². The van der Waals surface area contributed by atoms with Crippen LogP contribution in [-0.2, 0) is 14.2 Å². The Labute approximate surface area is 123 Å². The number of hydrogen-bond acceptors (Lipinski definition) is 5. The fourth-order valence-corrected chi connectivity index (χ4v) is 2.22. The van der Waals surface area contributed by atoms with Gasteiger partial charge in [-0.15, -0.1) is 0 Å². The van der Waals surface area contributed by atoms with Crippen molar-refractivity contribution in [2.24, 2.45) is 0 Å². The van der Waals surface area contributed by atoms with Gasteiger partial charge in [-0.05, 0) is 0 Å². The summed E-state index contributed by atoms with van der Waals surface area (Å²) >= 11 is 0. The molecule has 1 aliphatic carbocycles. The Bertz CT molecular complexity index is 588. The highest BCUT2D eigenvalue weighted by atomic mass is 16.6. The van der Waals surface area contributed by atoms with E-state index in [1.807, 2.05) is 6.07 Å². The third-order valence-corrected chi connectivity index (χ3v) is 3.38. The second kappa shape index (κ2) is 6.11. The molecular weight excluding hydrogens is 272 g/mol. The molecular formula is C16H18O5. The molecule has 1 aliphatic rings. The Balaban J connectivity index is 2.49. The number of carbonyl (C=O) groups is 1. The molecule has 5 nitrogen and oxygen atoms in total. The highest BCUT2D eigenvalue weighted by Crippen LogP contribution is 2.34. The van der Waals surface area contributed by atoms with Crippen LogP contribution < -0.4 is 0 Å². The first-order valence-electron chi connectivity index (χ1n) is 6.46. The van der Waals surface area contributed by atoms with Gasteiger partial charge in [0.05, 0.1) is 20.6 Å². The van der Waals surface area contributed by atoms with Gasteiger partial charge in [0.15, 0.2) is 11.6 Å². The molecule has 0 radical (unpaired) electrons. The lowest BCUT2D eigenvalue weighted by molar-refractivity contribution is -0.152. The van der Waals surface area contributed by atoms with Gasteiger partial charge in [-0.2, -0.15) is 0 Å². The first kappa shape index (κ1) is 15.3. The van der Waals surface area contributed by atoms with Crippen molar-refractivity contribution >= 4 is 5.78 Å². The summed E-state index contributed by atoms with van der Waals surface area (Å²) in [5, 5.41) is 10.2. The lowest BCUT2D eigenvalue weighted by atomic mass is 9.92. The Morgan fingerprint density at radius 2 is 1.81 bits per heavy atom. The number of ether oxygens (including phenoxy) is 3. The molecule has 0 saturated heterocycles. The van der Waals surface area contributed by atoms with Crippen LogP contribution in [0.15, 0.2) is 53.5 Å². The van der Waals surface area contributed by atoms with Crippen molar-refractivity contribution in [3.05, 3.63) is 59.1 Å². The SMILES string of the molecule is COC1=CC(O)(OC)CC(OC)=C1C(=O)c1ccccc1. The number of aliphatic hydroxyl groups is 1. The van der Waals surface area contributed by atoms with Crippen molar-refractivity contribution in [1.29, 1.82) is 0 Å². The summed E-state index contributed by atoms with van der Waals surface area (Å²) in [5.74, 6) is -1.21. The van der Waals surface area contributed by atoms with Crippen molar-refractivity contribution < 1.29 is 24.1 Å². The standard InChI is InChI=1S/C16H18O5/c1-19-12-9-16(18,21-3)10-13(20-2)14(12)15(17)11-7-5-4-6-8-11/h4-9,18H,10H2,1-3H3. The van der Waals surface area contributed by atoms with Crippen molar-refractivity contribution in [2.45, 2.75) is 12.2 Å². The number of carbonyl (C=O) groups excluding carboxylic acids is 1. The molecule has 0 aromatic heterocycles. The normalized spacial score (nSPS) is 21.8. The maximum absolute atomic E-state index is 12.7. The van der Waals surface area contributed by atoms with Crippen LogP contribution in [0.4, 0.5) is 0 Å². The molecule has 5 heteroatoms. The van der Waals surface area contributed by atoms with Crippen molar-refractivity contribution in [3.8, 4) is 0 Å². The molecule has 112 valence electrons. The van der Waals surface area contributed by atoms with Gasteiger partial charge in [-0.3, -0.25) is 4.79 Å². The van der Waals surface area contributed by atoms with E-state index in [1.165, 1.54) is 27.4 Å². The average Bonchev–Trinajstić information content (AvgIpc) is 2.54. The third kappa shape index (κ3) is 2.99. The molecule has 0 heterocycles. The molecule has 1 unspecified atom stereocenters. The average molecular weight is 290 g/mol. The van der Waals surface area contributed by atoms with Gasteiger partial charge in [0.25, 0.3) is 0 Å². The predicted molar refractivity (Wildman–Crippen MR) is 76.5 cm³/mol. The van der Waals surface area contributed by atoms with Gasteiger partial charge in [0.1, 0.15) is 17.1 Å². The third-order valence-electron chi connectivity index (χ3n) is 3.38. The van der Waals surface area contributed by atoms with E-state index < -0.39 is 5.79 Å². The van der Waals surface area contributed by atoms with Crippen LogP contribution in [0.25, 0.3) is 0 Å². The molecule has 1 aromatic rings. The number of methoxy groups -OCH3 is 3. The molecule has 0 fully saturated rings. The second-order valence-corrected chi connectivity index (χ2v) is 4.64. The number of hydrogen-bond donors (Lipinski definition) is 1. The summed E-state index contributed by atoms with van der Waals surface area (Å²) in [5.41, 5.74) is 0.820. The van der Waals surface area contributed by atoms with Gasteiger partial charge in [-0.25, -0.2) is 0 Å². The monoisotopic (exact) mass is 290 g/mol. The Morgan fingerprint density at radius 3 is 2.33 bits per heavy atom. The molecule has 0 saturated carbocycles. The first-order valence-corrected chi connectivity index (χ1v) is 6.46. The Hall–Kier alpha value is -2.11. The lowest BCUT2D eigenvalue weighted by Gasteiger charge is -2.30. The van der Waals surface area contributed by atoms with E-state index in [2.05, 4.69) is 0 Å². The molecule has 0 spiro atoms. The number of benzene rings is 1. The summed E-state index contributed by atoms with van der Waals surface area (Å²) in [6, 6.07) is 8.83. The molecule has 1 N–H and O–H groups in total. The number of allylic oxidation sites excluding steroid dienone is 1. The largest absolute Gasteiger partial charge is 0.500 e. The molecule has 2 rings (SSSR count). The van der Waals surface area contributed by atoms with Crippen LogP contribution >= 0.6 is 0 Å². The van der Waals surface area contributed by atoms with Crippen LogP contribution in [0.1, 0.15) is 16.8 Å². The molecule has 0 aliphatic heterocycles. The molecule has 1 aromatic carbocycles. The zero-order chi connectivity index (χ0) is 15.5. The van der Waals surface area contributed by atoms with E-state index in [-0.39, 0.29) is 18.0 Å². The van der Waals surface area contributed by atoms with Crippen LogP contribution in [0.5, 0.6) is 0 Å². The fourth-order valence-electron chi connectivity index (χ4n) is 2.22. The summed E-state index contributed by atoms with van der Waals surface area (Å²) in [7, 11) is 4.25. The van der Waals surface area contributed by atoms with Gasteiger partial charge < -0.3 is 19.3 Å². The van der Waals surface area contributed by atoms with E-state index in [4.69, 9.17) is 14.2 Å². The Morgan fingerprint density at radius 1 is 1.14 bits per heavy atom. The summed E-state index contributed by atoms with van der Waals surface area (Å²) in [4.78, 5) is 12.7. The minimum Gasteiger partial charge on any atom is -0.500 e. The minimum atomic E-state index is -1.54. The molecule has 0 bridgehead atoms. The second-order valence-electron chi connectivity index (χ2n) is 4.64. The first-order chi connectivity index (χ1) is 10.0.